The molecule has 1 amide bonds. The van der Waals surface area contributed by atoms with Gasteiger partial charge < -0.3 is 0 Å². The van der Waals surface area contributed by atoms with Crippen LogP contribution in [0.3, 0.4) is 0 Å². The van der Waals surface area contributed by atoms with E-state index < -0.39 is 0 Å². The first-order valence-electron chi connectivity index (χ1n) is 6.35. The standard InChI is InChI=1S/C14H20N2OS/c1-10-7-11(9-14(2,3)8-10)15-16-13(17)12-5-4-6-18-12/h4-6,10H,7-9H2,1-3H3,(H,16,17)/b15-11+. The summed E-state index contributed by atoms with van der Waals surface area (Å²) in [6.45, 7) is 6.77. The Morgan fingerprint density at radius 3 is 2.94 bits per heavy atom. The molecule has 18 heavy (non-hydrogen) atoms. The molecule has 3 nitrogen and oxygen atoms in total. The van der Waals surface area contributed by atoms with Crippen molar-refractivity contribution < 1.29 is 4.79 Å². The van der Waals surface area contributed by atoms with E-state index in [4.69, 9.17) is 0 Å². The van der Waals surface area contributed by atoms with Crippen LogP contribution in [0.5, 0.6) is 0 Å². The Morgan fingerprint density at radius 2 is 2.33 bits per heavy atom. The van der Waals surface area contributed by atoms with Crippen LogP contribution >= 0.6 is 11.3 Å². The molecule has 1 aromatic rings. The van der Waals surface area contributed by atoms with Crippen molar-refractivity contribution in [2.45, 2.75) is 40.0 Å². The van der Waals surface area contributed by atoms with Crippen LogP contribution in [-0.2, 0) is 0 Å². The van der Waals surface area contributed by atoms with Gasteiger partial charge in [0.2, 0.25) is 0 Å². The van der Waals surface area contributed by atoms with Crippen molar-refractivity contribution in [3.63, 3.8) is 0 Å². The molecule has 1 unspecified atom stereocenters. The average Bonchev–Trinajstić information content (AvgIpc) is 2.76. The van der Waals surface area contributed by atoms with E-state index in [0.29, 0.717) is 16.2 Å². The highest BCUT2D eigenvalue weighted by atomic mass is 32.1. The van der Waals surface area contributed by atoms with Gasteiger partial charge in [-0.1, -0.05) is 26.8 Å². The molecule has 98 valence electrons. The van der Waals surface area contributed by atoms with Crippen molar-refractivity contribution in [3.05, 3.63) is 22.4 Å². The number of hydrogen-bond acceptors (Lipinski definition) is 3. The number of hydrogen-bond donors (Lipinski definition) is 1. The Kier molecular flexibility index (Phi) is 3.85. The summed E-state index contributed by atoms with van der Waals surface area (Å²) in [5.41, 5.74) is 4.08. The molecular formula is C14H20N2OS. The predicted molar refractivity (Wildman–Crippen MR) is 76.0 cm³/mol. The SMILES string of the molecule is CC1C/C(=N\NC(=O)c2cccs2)CC(C)(C)C1. The molecule has 1 fully saturated rings. The zero-order valence-electron chi connectivity index (χ0n) is 11.2. The molecule has 4 heteroatoms. The van der Waals surface area contributed by atoms with Crippen LogP contribution in [-0.4, -0.2) is 11.6 Å². The van der Waals surface area contributed by atoms with Gasteiger partial charge in [-0.25, -0.2) is 5.43 Å². The van der Waals surface area contributed by atoms with Gasteiger partial charge in [-0.3, -0.25) is 4.79 Å². The second-order valence-corrected chi connectivity index (χ2v) is 6.90. The van der Waals surface area contributed by atoms with Crippen molar-refractivity contribution in [2.75, 3.05) is 0 Å². The quantitative estimate of drug-likeness (QED) is 0.813. The van der Waals surface area contributed by atoms with E-state index in [-0.39, 0.29) is 5.91 Å². The van der Waals surface area contributed by atoms with E-state index in [1.807, 2.05) is 17.5 Å². The fourth-order valence-corrected chi connectivity index (χ4v) is 3.41. The summed E-state index contributed by atoms with van der Waals surface area (Å²) < 4.78 is 0. The lowest BCUT2D eigenvalue weighted by Crippen LogP contribution is -2.30. The lowest BCUT2D eigenvalue weighted by atomic mass is 9.72. The summed E-state index contributed by atoms with van der Waals surface area (Å²) in [7, 11) is 0. The highest BCUT2D eigenvalue weighted by Crippen LogP contribution is 2.36. The number of nitrogens with zero attached hydrogens (tertiary/aromatic N) is 1. The van der Waals surface area contributed by atoms with Crippen LogP contribution in [0, 0.1) is 11.3 Å². The first-order chi connectivity index (χ1) is 8.46. The second-order valence-electron chi connectivity index (χ2n) is 5.95. The van der Waals surface area contributed by atoms with Crippen LogP contribution in [0.1, 0.15) is 49.7 Å². The topological polar surface area (TPSA) is 41.5 Å². The summed E-state index contributed by atoms with van der Waals surface area (Å²) in [6.07, 6.45) is 3.20. The van der Waals surface area contributed by atoms with Crippen LogP contribution in [0.4, 0.5) is 0 Å². The predicted octanol–water partition coefficient (Wildman–Crippen LogP) is 3.68. The van der Waals surface area contributed by atoms with Gasteiger partial charge in [0.15, 0.2) is 0 Å². The highest BCUT2D eigenvalue weighted by Gasteiger charge is 2.29. The third kappa shape index (κ3) is 3.42. The number of thiophene rings is 1. The Labute approximate surface area is 112 Å². The van der Waals surface area contributed by atoms with E-state index in [2.05, 4.69) is 31.3 Å². The van der Waals surface area contributed by atoms with Gasteiger partial charge in [0.25, 0.3) is 5.91 Å². The summed E-state index contributed by atoms with van der Waals surface area (Å²) >= 11 is 1.44. The molecule has 0 radical (unpaired) electrons. The third-order valence-corrected chi connectivity index (χ3v) is 4.10. The number of amides is 1. The molecule has 1 N–H and O–H groups in total. The largest absolute Gasteiger partial charge is 0.281 e. The molecule has 0 aromatic carbocycles. The van der Waals surface area contributed by atoms with Crippen LogP contribution in [0.25, 0.3) is 0 Å². The Balaban J connectivity index is 1.99. The number of nitrogens with one attached hydrogen (secondary N) is 1. The van der Waals surface area contributed by atoms with Gasteiger partial charge >= 0.3 is 0 Å². The summed E-state index contributed by atoms with van der Waals surface area (Å²) in [6, 6.07) is 3.69. The normalized spacial score (nSPS) is 25.1. The fraction of sp³-hybridized carbons (Fsp3) is 0.571. The van der Waals surface area contributed by atoms with Crippen molar-refractivity contribution >= 4 is 23.0 Å². The summed E-state index contributed by atoms with van der Waals surface area (Å²) in [5.74, 6) is 0.541. The van der Waals surface area contributed by atoms with Gasteiger partial charge in [0.1, 0.15) is 0 Å². The minimum Gasteiger partial charge on any atom is -0.266 e. The average molecular weight is 264 g/mol. The van der Waals surface area contributed by atoms with Gasteiger partial charge in [0, 0.05) is 5.71 Å². The minimum atomic E-state index is -0.103. The molecule has 1 aliphatic carbocycles. The molecule has 0 aliphatic heterocycles. The maximum atomic E-state index is 11.8. The van der Waals surface area contributed by atoms with E-state index >= 15 is 0 Å². The summed E-state index contributed by atoms with van der Waals surface area (Å²) in [4.78, 5) is 12.5. The fourth-order valence-electron chi connectivity index (χ4n) is 2.79. The molecule has 1 heterocycles. The minimum absolute atomic E-state index is 0.103. The molecular weight excluding hydrogens is 244 g/mol. The van der Waals surface area contributed by atoms with Gasteiger partial charge in [-0.15, -0.1) is 11.3 Å². The molecule has 1 aromatic heterocycles. The van der Waals surface area contributed by atoms with Crippen molar-refractivity contribution in [3.8, 4) is 0 Å². The van der Waals surface area contributed by atoms with Crippen LogP contribution in [0.2, 0.25) is 0 Å². The number of hydrazone groups is 1. The molecule has 2 rings (SSSR count). The number of carbonyl (C=O) groups is 1. The van der Waals surface area contributed by atoms with E-state index in [0.717, 1.165) is 18.6 Å². The summed E-state index contributed by atoms with van der Waals surface area (Å²) in [5, 5.41) is 6.21. The Bertz CT molecular complexity index is 448. The smallest absolute Gasteiger partial charge is 0.266 e. The van der Waals surface area contributed by atoms with E-state index in [1.165, 1.54) is 17.8 Å². The molecule has 0 bridgehead atoms. The maximum absolute atomic E-state index is 11.8. The molecule has 1 saturated carbocycles. The number of carbonyl (C=O) groups excluding carboxylic acids is 1. The Hall–Kier alpha value is -1.16. The lowest BCUT2D eigenvalue weighted by molar-refractivity contribution is 0.0958. The van der Waals surface area contributed by atoms with Gasteiger partial charge in [0.05, 0.1) is 4.88 Å². The zero-order valence-corrected chi connectivity index (χ0v) is 12.0. The number of rotatable bonds is 2. The van der Waals surface area contributed by atoms with Gasteiger partial charge in [-0.2, -0.15) is 5.10 Å². The van der Waals surface area contributed by atoms with Gasteiger partial charge in [-0.05, 0) is 42.0 Å². The van der Waals surface area contributed by atoms with E-state index in [9.17, 15) is 4.79 Å². The monoisotopic (exact) mass is 264 g/mol. The van der Waals surface area contributed by atoms with Crippen molar-refractivity contribution in [2.24, 2.45) is 16.4 Å². The van der Waals surface area contributed by atoms with E-state index in [1.54, 1.807) is 0 Å². The first-order valence-corrected chi connectivity index (χ1v) is 7.23. The Morgan fingerprint density at radius 1 is 1.56 bits per heavy atom. The lowest BCUT2D eigenvalue weighted by Gasteiger charge is -2.34. The van der Waals surface area contributed by atoms with Crippen molar-refractivity contribution in [1.82, 2.24) is 5.43 Å². The maximum Gasteiger partial charge on any atom is 0.281 e. The van der Waals surface area contributed by atoms with Crippen LogP contribution in [0.15, 0.2) is 22.6 Å². The molecule has 0 spiro atoms. The second kappa shape index (κ2) is 5.22. The molecule has 0 saturated heterocycles. The molecule has 1 aliphatic rings. The zero-order chi connectivity index (χ0) is 13.2. The third-order valence-electron chi connectivity index (χ3n) is 3.23. The highest BCUT2D eigenvalue weighted by molar-refractivity contribution is 7.12. The van der Waals surface area contributed by atoms with Crippen molar-refractivity contribution in [1.29, 1.82) is 0 Å². The molecule has 1 atom stereocenters. The first kappa shape index (κ1) is 13.3. The van der Waals surface area contributed by atoms with Crippen LogP contribution < -0.4 is 5.43 Å².